The highest BCUT2D eigenvalue weighted by Gasteiger charge is 2.37. The molecule has 0 radical (unpaired) electrons. The van der Waals surface area contributed by atoms with E-state index in [9.17, 15) is 4.79 Å². The number of carbonyl (C=O) groups is 1. The lowest BCUT2D eigenvalue weighted by Gasteiger charge is -2.28. The highest BCUT2D eigenvalue weighted by Crippen LogP contribution is 2.35. The van der Waals surface area contributed by atoms with Crippen LogP contribution in [0.5, 0.6) is 0 Å². The van der Waals surface area contributed by atoms with Gasteiger partial charge >= 0.3 is 0 Å². The van der Waals surface area contributed by atoms with Gasteiger partial charge in [0.05, 0.1) is 6.07 Å². The maximum atomic E-state index is 11.0. The minimum absolute atomic E-state index is 0.0634. The fourth-order valence-electron chi connectivity index (χ4n) is 1.77. The lowest BCUT2D eigenvalue weighted by atomic mass is 9.74. The van der Waals surface area contributed by atoms with Gasteiger partial charge in [0.15, 0.2) is 0 Å². The fourth-order valence-corrected chi connectivity index (χ4v) is 1.77. The van der Waals surface area contributed by atoms with Crippen LogP contribution in [0.3, 0.4) is 0 Å². The Hall–Kier alpha value is -1.48. The molecule has 1 heterocycles. The number of rotatable bonds is 3. The molecule has 14 heavy (non-hydrogen) atoms. The van der Waals surface area contributed by atoms with Crippen LogP contribution < -0.4 is 5.32 Å². The van der Waals surface area contributed by atoms with Crippen molar-refractivity contribution >= 4 is 5.91 Å². The molecular weight excluding hydrogens is 176 g/mol. The Bertz CT molecular complexity index is 310. The second-order valence-corrected chi connectivity index (χ2v) is 3.93. The first kappa shape index (κ1) is 10.6. The monoisotopic (exact) mass is 190 g/mol. The van der Waals surface area contributed by atoms with Crippen LogP contribution in [0.4, 0.5) is 0 Å². The van der Waals surface area contributed by atoms with Crippen molar-refractivity contribution in [1.29, 1.82) is 5.26 Å². The average Bonchev–Trinajstić information content (AvgIpc) is 2.62. The van der Waals surface area contributed by atoms with E-state index < -0.39 is 0 Å². The van der Waals surface area contributed by atoms with Crippen LogP contribution >= 0.6 is 0 Å². The zero-order chi connectivity index (χ0) is 10.6. The summed E-state index contributed by atoms with van der Waals surface area (Å²) in [4.78, 5) is 11.0. The summed E-state index contributed by atoms with van der Waals surface area (Å²) in [7, 11) is 0. The molecular formula is C11H14N2O. The summed E-state index contributed by atoms with van der Waals surface area (Å²) in [5.41, 5.74) is -0.325. The van der Waals surface area contributed by atoms with E-state index in [1.165, 1.54) is 0 Å². The number of carbonyl (C=O) groups excluding carboxylic acids is 1. The maximum Gasteiger partial charge on any atom is 0.220 e. The Morgan fingerprint density at radius 3 is 2.93 bits per heavy atom. The van der Waals surface area contributed by atoms with Gasteiger partial charge in [-0.05, 0) is 13.3 Å². The van der Waals surface area contributed by atoms with Crippen molar-refractivity contribution < 1.29 is 4.79 Å². The normalized spacial score (nSPS) is 24.5. The molecule has 0 spiro atoms. The number of nitrogens with one attached hydrogen (secondary N) is 1. The average molecular weight is 190 g/mol. The zero-order valence-electron chi connectivity index (χ0n) is 8.34. The Balaban J connectivity index is 2.66. The van der Waals surface area contributed by atoms with Gasteiger partial charge in [0.2, 0.25) is 5.91 Å². The number of nitrogens with zero attached hydrogens (tertiary/aromatic N) is 1. The Labute approximate surface area is 84.5 Å². The third kappa shape index (κ3) is 2.06. The lowest BCUT2D eigenvalue weighted by molar-refractivity contribution is -0.119. The van der Waals surface area contributed by atoms with E-state index in [4.69, 9.17) is 11.7 Å². The Morgan fingerprint density at radius 2 is 2.50 bits per heavy atom. The van der Waals surface area contributed by atoms with Gasteiger partial charge in [0.1, 0.15) is 0 Å². The fraction of sp³-hybridized carbons (Fsp3) is 0.636. The summed E-state index contributed by atoms with van der Waals surface area (Å²) >= 11 is 0. The van der Waals surface area contributed by atoms with Crippen molar-refractivity contribution in [2.45, 2.75) is 26.2 Å². The summed E-state index contributed by atoms with van der Waals surface area (Å²) in [5.74, 6) is 2.97. The number of terminal acetylenes is 1. The van der Waals surface area contributed by atoms with Crippen molar-refractivity contribution in [2.24, 2.45) is 11.3 Å². The highest BCUT2D eigenvalue weighted by atomic mass is 16.1. The largest absolute Gasteiger partial charge is 0.356 e. The molecule has 1 aliphatic rings. The molecule has 3 heteroatoms. The molecule has 1 rings (SSSR count). The van der Waals surface area contributed by atoms with E-state index in [2.05, 4.69) is 17.3 Å². The number of amides is 1. The van der Waals surface area contributed by atoms with Crippen molar-refractivity contribution in [3.63, 3.8) is 0 Å². The van der Waals surface area contributed by atoms with Gasteiger partial charge in [0, 0.05) is 30.7 Å². The van der Waals surface area contributed by atoms with E-state index in [0.29, 0.717) is 25.8 Å². The quantitative estimate of drug-likeness (QED) is 0.677. The molecule has 1 saturated heterocycles. The topological polar surface area (TPSA) is 52.9 Å². The van der Waals surface area contributed by atoms with Crippen molar-refractivity contribution in [2.75, 3.05) is 6.54 Å². The lowest BCUT2D eigenvalue weighted by Crippen LogP contribution is -2.27. The summed E-state index contributed by atoms with van der Waals surface area (Å²) in [6, 6.07) is 2.09. The van der Waals surface area contributed by atoms with E-state index in [1.807, 2.05) is 6.92 Å². The van der Waals surface area contributed by atoms with Gasteiger partial charge in [0.25, 0.3) is 0 Å². The molecule has 0 aliphatic carbocycles. The third-order valence-corrected chi connectivity index (χ3v) is 2.96. The molecule has 0 aromatic carbocycles. The van der Waals surface area contributed by atoms with Crippen LogP contribution in [0.2, 0.25) is 0 Å². The van der Waals surface area contributed by atoms with Crippen LogP contribution in [0.1, 0.15) is 26.2 Å². The minimum atomic E-state index is -0.325. The van der Waals surface area contributed by atoms with E-state index in [1.54, 1.807) is 0 Å². The van der Waals surface area contributed by atoms with E-state index in [0.717, 1.165) is 0 Å². The zero-order valence-corrected chi connectivity index (χ0v) is 8.34. The molecule has 1 N–H and O–H groups in total. The molecule has 0 bridgehead atoms. The van der Waals surface area contributed by atoms with Crippen molar-refractivity contribution in [1.82, 2.24) is 5.32 Å². The van der Waals surface area contributed by atoms with Gasteiger partial charge in [-0.1, -0.05) is 5.92 Å². The Morgan fingerprint density at radius 1 is 1.79 bits per heavy atom. The van der Waals surface area contributed by atoms with Crippen LogP contribution in [-0.4, -0.2) is 12.5 Å². The predicted octanol–water partition coefficient (Wildman–Crippen LogP) is 1.07. The van der Waals surface area contributed by atoms with Crippen LogP contribution in [0.25, 0.3) is 0 Å². The van der Waals surface area contributed by atoms with Crippen LogP contribution in [0, 0.1) is 35.0 Å². The first-order valence-electron chi connectivity index (χ1n) is 4.74. The molecule has 0 unspecified atom stereocenters. The van der Waals surface area contributed by atoms with E-state index in [-0.39, 0.29) is 17.2 Å². The summed E-state index contributed by atoms with van der Waals surface area (Å²) in [6.45, 7) is 2.60. The molecule has 0 saturated carbocycles. The number of hydrogen-bond acceptors (Lipinski definition) is 2. The summed E-state index contributed by atoms with van der Waals surface area (Å²) < 4.78 is 0. The SMILES string of the molecule is C#C[C@](C)(CCC#N)[C@H]1CNC(=O)C1. The van der Waals surface area contributed by atoms with Gasteiger partial charge in [-0.3, -0.25) is 4.79 Å². The van der Waals surface area contributed by atoms with Gasteiger partial charge in [-0.15, -0.1) is 6.42 Å². The first-order chi connectivity index (χ1) is 6.62. The number of hydrogen-bond donors (Lipinski definition) is 1. The van der Waals surface area contributed by atoms with Crippen molar-refractivity contribution in [3.05, 3.63) is 0 Å². The second-order valence-electron chi connectivity index (χ2n) is 3.93. The Kier molecular flexibility index (Phi) is 3.14. The first-order valence-corrected chi connectivity index (χ1v) is 4.74. The third-order valence-electron chi connectivity index (χ3n) is 2.96. The minimum Gasteiger partial charge on any atom is -0.356 e. The highest BCUT2D eigenvalue weighted by molar-refractivity contribution is 5.78. The van der Waals surface area contributed by atoms with Gasteiger partial charge < -0.3 is 5.32 Å². The molecule has 1 amide bonds. The van der Waals surface area contributed by atoms with Gasteiger partial charge in [-0.2, -0.15) is 5.26 Å². The molecule has 0 aromatic rings. The molecule has 1 aliphatic heterocycles. The predicted molar refractivity (Wildman–Crippen MR) is 52.9 cm³/mol. The van der Waals surface area contributed by atoms with Crippen LogP contribution in [0.15, 0.2) is 0 Å². The maximum absolute atomic E-state index is 11.0. The molecule has 3 nitrogen and oxygen atoms in total. The second kappa shape index (κ2) is 4.15. The molecule has 2 atom stereocenters. The smallest absolute Gasteiger partial charge is 0.220 e. The molecule has 1 fully saturated rings. The van der Waals surface area contributed by atoms with Gasteiger partial charge in [-0.25, -0.2) is 0 Å². The summed E-state index contributed by atoms with van der Waals surface area (Å²) in [5, 5.41) is 11.3. The molecule has 0 aromatic heterocycles. The molecule has 74 valence electrons. The van der Waals surface area contributed by atoms with E-state index >= 15 is 0 Å². The summed E-state index contributed by atoms with van der Waals surface area (Å²) in [6.07, 6.45) is 7.08. The van der Waals surface area contributed by atoms with Crippen LogP contribution in [-0.2, 0) is 4.79 Å². The standard InChI is InChI=1S/C11H14N2O/c1-3-11(2,5-4-6-12)9-7-10(14)13-8-9/h1,9H,4-5,7-8H2,2H3,(H,13,14)/t9-,11-/m1/s1. The van der Waals surface area contributed by atoms with Crippen molar-refractivity contribution in [3.8, 4) is 18.4 Å². The number of nitriles is 1.